The minimum Gasteiger partial charge on any atom is -0.374 e. The van der Waals surface area contributed by atoms with E-state index in [1.54, 1.807) is 4.68 Å². The molecule has 0 radical (unpaired) electrons. The van der Waals surface area contributed by atoms with E-state index in [9.17, 15) is 0 Å². The van der Waals surface area contributed by atoms with Gasteiger partial charge in [0.1, 0.15) is 16.7 Å². The third kappa shape index (κ3) is 3.46. The van der Waals surface area contributed by atoms with Gasteiger partial charge < -0.3 is 10.5 Å². The summed E-state index contributed by atoms with van der Waals surface area (Å²) in [6, 6.07) is 9.97. The van der Waals surface area contributed by atoms with E-state index < -0.39 is 0 Å². The minimum atomic E-state index is -0.0508. The van der Waals surface area contributed by atoms with Gasteiger partial charge >= 0.3 is 0 Å². The second kappa shape index (κ2) is 6.63. The molecule has 0 bridgehead atoms. The van der Waals surface area contributed by atoms with Gasteiger partial charge in [-0.05, 0) is 12.5 Å². The predicted octanol–water partition coefficient (Wildman–Crippen LogP) is 2.04. The lowest BCUT2D eigenvalue weighted by Gasteiger charge is -2.05. The summed E-state index contributed by atoms with van der Waals surface area (Å²) >= 11 is 1.35. The van der Waals surface area contributed by atoms with E-state index in [0.29, 0.717) is 18.3 Å². The number of aromatic nitrogens is 5. The Kier molecular flexibility index (Phi) is 4.40. The van der Waals surface area contributed by atoms with Gasteiger partial charge in [-0.3, -0.25) is 0 Å². The van der Waals surface area contributed by atoms with Crippen LogP contribution in [0.1, 0.15) is 29.2 Å². The van der Waals surface area contributed by atoms with Gasteiger partial charge in [-0.2, -0.15) is 0 Å². The van der Waals surface area contributed by atoms with Gasteiger partial charge in [0.05, 0.1) is 19.4 Å². The lowest BCUT2D eigenvalue weighted by Crippen LogP contribution is -2.07. The number of hydrogen-bond donors (Lipinski definition) is 1. The summed E-state index contributed by atoms with van der Waals surface area (Å²) in [6.45, 7) is 2.94. The van der Waals surface area contributed by atoms with E-state index in [4.69, 9.17) is 10.5 Å². The molecule has 0 saturated heterocycles. The van der Waals surface area contributed by atoms with Crippen molar-refractivity contribution < 1.29 is 4.74 Å². The lowest BCUT2D eigenvalue weighted by molar-refractivity contribution is 0.104. The summed E-state index contributed by atoms with van der Waals surface area (Å²) in [5.41, 5.74) is 7.51. The van der Waals surface area contributed by atoms with Crippen molar-refractivity contribution in [3.63, 3.8) is 0 Å². The van der Waals surface area contributed by atoms with Crippen molar-refractivity contribution in [2.75, 3.05) is 5.73 Å². The maximum atomic E-state index is 5.65. The summed E-state index contributed by atoms with van der Waals surface area (Å²) in [6.07, 6.45) is 1.85. The third-order valence-electron chi connectivity index (χ3n) is 3.13. The molecule has 0 spiro atoms. The van der Waals surface area contributed by atoms with Crippen LogP contribution >= 0.6 is 11.3 Å². The highest BCUT2D eigenvalue weighted by Crippen LogP contribution is 2.22. The van der Waals surface area contributed by atoms with Crippen molar-refractivity contribution in [3.8, 4) is 0 Å². The molecule has 8 heteroatoms. The van der Waals surface area contributed by atoms with Crippen molar-refractivity contribution >= 4 is 16.5 Å². The fourth-order valence-corrected chi connectivity index (χ4v) is 2.60. The highest BCUT2D eigenvalue weighted by Gasteiger charge is 2.15. The molecule has 7 nitrogen and oxygen atoms in total. The van der Waals surface area contributed by atoms with Gasteiger partial charge in [0.25, 0.3) is 0 Å². The Morgan fingerprint density at radius 3 is 2.73 bits per heavy atom. The number of nitrogen functional groups attached to an aromatic ring is 1. The number of nitrogens with two attached hydrogens (primary N) is 1. The standard InChI is InChI=1S/C14H16N6OS/c1-10(13-17-18-14(15)22-13)20-7-12(16-19-20)9-21-8-11-5-3-2-4-6-11/h2-7,10H,8-9H2,1H3,(H2,15,18)/t10-/m0/s1. The second-order valence-corrected chi connectivity index (χ2v) is 5.86. The van der Waals surface area contributed by atoms with E-state index in [0.717, 1.165) is 16.3 Å². The average molecular weight is 316 g/mol. The molecule has 0 aliphatic rings. The Hall–Kier alpha value is -2.32. The molecule has 0 aliphatic heterocycles. The fraction of sp³-hybridized carbons (Fsp3) is 0.286. The summed E-state index contributed by atoms with van der Waals surface area (Å²) in [7, 11) is 0. The Labute approximate surface area is 131 Å². The Balaban J connectivity index is 1.57. The van der Waals surface area contributed by atoms with Gasteiger partial charge in [0, 0.05) is 0 Å². The molecule has 0 fully saturated rings. The van der Waals surface area contributed by atoms with Crippen molar-refractivity contribution in [3.05, 3.63) is 52.8 Å². The molecule has 0 aliphatic carbocycles. The molecule has 2 aromatic heterocycles. The molecular weight excluding hydrogens is 300 g/mol. The number of anilines is 1. The molecule has 1 atom stereocenters. The topological polar surface area (TPSA) is 91.7 Å². The molecule has 3 aromatic rings. The first-order valence-corrected chi connectivity index (χ1v) is 7.65. The number of nitrogens with zero attached hydrogens (tertiary/aromatic N) is 5. The van der Waals surface area contributed by atoms with E-state index >= 15 is 0 Å². The maximum absolute atomic E-state index is 5.65. The van der Waals surface area contributed by atoms with Crippen molar-refractivity contribution in [1.29, 1.82) is 0 Å². The van der Waals surface area contributed by atoms with Crippen LogP contribution in [0.25, 0.3) is 0 Å². The number of rotatable bonds is 6. The Morgan fingerprint density at radius 1 is 1.18 bits per heavy atom. The van der Waals surface area contributed by atoms with Crippen molar-refractivity contribution in [2.45, 2.75) is 26.2 Å². The van der Waals surface area contributed by atoms with Crippen LogP contribution in [0, 0.1) is 0 Å². The predicted molar refractivity (Wildman–Crippen MR) is 83.1 cm³/mol. The smallest absolute Gasteiger partial charge is 0.203 e. The lowest BCUT2D eigenvalue weighted by atomic mass is 10.2. The Bertz CT molecular complexity index is 726. The van der Waals surface area contributed by atoms with Gasteiger partial charge in [-0.15, -0.1) is 15.3 Å². The molecule has 2 heterocycles. The zero-order valence-corrected chi connectivity index (χ0v) is 12.9. The normalized spacial score (nSPS) is 12.4. The van der Waals surface area contributed by atoms with Crippen LogP contribution in [0.5, 0.6) is 0 Å². The molecular formula is C14H16N6OS. The van der Waals surface area contributed by atoms with Crippen LogP contribution in [-0.4, -0.2) is 25.2 Å². The molecule has 0 saturated carbocycles. The maximum Gasteiger partial charge on any atom is 0.203 e. The van der Waals surface area contributed by atoms with E-state index in [1.807, 2.05) is 43.5 Å². The third-order valence-corrected chi connectivity index (χ3v) is 4.05. The van der Waals surface area contributed by atoms with E-state index in [1.165, 1.54) is 11.3 Å². The van der Waals surface area contributed by atoms with Crippen LogP contribution in [0.2, 0.25) is 0 Å². The SMILES string of the molecule is C[C@@H](c1nnc(N)s1)n1cc(COCc2ccccc2)nn1. The van der Waals surface area contributed by atoms with Crippen molar-refractivity contribution in [2.24, 2.45) is 0 Å². The number of hydrogen-bond acceptors (Lipinski definition) is 7. The zero-order valence-electron chi connectivity index (χ0n) is 12.1. The van der Waals surface area contributed by atoms with Crippen LogP contribution < -0.4 is 5.73 Å². The largest absolute Gasteiger partial charge is 0.374 e. The summed E-state index contributed by atoms with van der Waals surface area (Å²) in [5.74, 6) is 0. The van der Waals surface area contributed by atoms with E-state index in [-0.39, 0.29) is 6.04 Å². The first-order chi connectivity index (χ1) is 10.7. The second-order valence-electron chi connectivity index (χ2n) is 4.82. The summed E-state index contributed by atoms with van der Waals surface area (Å²) < 4.78 is 7.38. The molecule has 3 rings (SSSR count). The quantitative estimate of drug-likeness (QED) is 0.748. The average Bonchev–Trinajstić information content (AvgIpc) is 3.17. The number of benzene rings is 1. The first kappa shape index (κ1) is 14.6. The summed E-state index contributed by atoms with van der Waals surface area (Å²) in [5, 5.41) is 17.3. The first-order valence-electron chi connectivity index (χ1n) is 6.83. The van der Waals surface area contributed by atoms with Crippen molar-refractivity contribution in [1.82, 2.24) is 25.2 Å². The monoisotopic (exact) mass is 316 g/mol. The number of ether oxygens (including phenoxy) is 1. The van der Waals surface area contributed by atoms with Gasteiger partial charge in [0.15, 0.2) is 0 Å². The van der Waals surface area contributed by atoms with Crippen LogP contribution in [0.3, 0.4) is 0 Å². The highest BCUT2D eigenvalue weighted by molar-refractivity contribution is 7.15. The van der Waals surface area contributed by atoms with Gasteiger partial charge in [-0.1, -0.05) is 46.9 Å². The zero-order chi connectivity index (χ0) is 15.4. The summed E-state index contributed by atoms with van der Waals surface area (Å²) in [4.78, 5) is 0. The Morgan fingerprint density at radius 2 is 2.00 bits per heavy atom. The fourth-order valence-electron chi connectivity index (χ4n) is 1.94. The van der Waals surface area contributed by atoms with Gasteiger partial charge in [0.2, 0.25) is 5.13 Å². The molecule has 0 amide bonds. The van der Waals surface area contributed by atoms with Gasteiger partial charge in [-0.25, -0.2) is 4.68 Å². The van der Waals surface area contributed by atoms with Crippen LogP contribution in [0.15, 0.2) is 36.5 Å². The van der Waals surface area contributed by atoms with Crippen LogP contribution in [0.4, 0.5) is 5.13 Å². The molecule has 2 N–H and O–H groups in total. The molecule has 114 valence electrons. The highest BCUT2D eigenvalue weighted by atomic mass is 32.1. The molecule has 0 unspecified atom stereocenters. The molecule has 22 heavy (non-hydrogen) atoms. The minimum absolute atomic E-state index is 0.0508. The van der Waals surface area contributed by atoms with E-state index in [2.05, 4.69) is 20.5 Å². The van der Waals surface area contributed by atoms with Crippen LogP contribution in [-0.2, 0) is 18.0 Å². The molecule has 1 aromatic carbocycles.